The molecule has 174 valence electrons. The molecule has 1 saturated heterocycles. The van der Waals surface area contributed by atoms with E-state index < -0.39 is 5.92 Å². The number of rotatable bonds is 9. The minimum Gasteiger partial charge on any atom is -0.462 e. The van der Waals surface area contributed by atoms with E-state index >= 15 is 0 Å². The molecule has 0 radical (unpaired) electrons. The Morgan fingerprint density at radius 3 is 2.67 bits per heavy atom. The lowest BCUT2D eigenvalue weighted by Gasteiger charge is -2.15. The predicted molar refractivity (Wildman–Crippen MR) is 130 cm³/mol. The van der Waals surface area contributed by atoms with Crippen LogP contribution in [0.1, 0.15) is 57.4 Å². The molecule has 0 aromatic heterocycles. The lowest BCUT2D eigenvalue weighted by Crippen LogP contribution is -2.23. The lowest BCUT2D eigenvalue weighted by molar-refractivity contribution is -0.149. The number of hydrogen-bond donors (Lipinski definition) is 0. The Labute approximate surface area is 194 Å². The van der Waals surface area contributed by atoms with Crippen LogP contribution in [0.5, 0.6) is 0 Å². The molecule has 0 aliphatic carbocycles. The van der Waals surface area contributed by atoms with Gasteiger partial charge < -0.3 is 14.2 Å². The molecule has 3 unspecified atom stereocenters. The van der Waals surface area contributed by atoms with Gasteiger partial charge in [0.2, 0.25) is 0 Å². The Morgan fingerprint density at radius 1 is 1.03 bits per heavy atom. The number of ether oxygens (including phenoxy) is 3. The van der Waals surface area contributed by atoms with Gasteiger partial charge in [-0.05, 0) is 36.1 Å². The number of esters is 1. The normalized spacial score (nSPS) is 19.1. The molecule has 1 aliphatic rings. The standard InChI is InChI=1S/C28H32O5/c1-3-4-5-6-11-26-31-17-23(33-26)18-32-28(30)19(2)21-14-15-25-22(16-21)13-12-20-9-7-8-10-24(20)27(25)29/h7-10,12-16,19,23,26H,3-6,11,17-18H2,1-2H3. The van der Waals surface area contributed by atoms with Crippen LogP contribution in [0, 0.1) is 0 Å². The van der Waals surface area contributed by atoms with E-state index in [-0.39, 0.29) is 30.4 Å². The van der Waals surface area contributed by atoms with Crippen LogP contribution in [0.4, 0.5) is 0 Å². The topological polar surface area (TPSA) is 61.8 Å². The van der Waals surface area contributed by atoms with Crippen molar-refractivity contribution in [1.82, 2.24) is 0 Å². The molecule has 1 heterocycles. The molecule has 5 nitrogen and oxygen atoms in total. The third kappa shape index (κ3) is 5.60. The third-order valence-corrected chi connectivity index (χ3v) is 6.34. The van der Waals surface area contributed by atoms with Gasteiger partial charge in [0.15, 0.2) is 11.7 Å². The van der Waals surface area contributed by atoms with E-state index in [1.54, 1.807) is 6.07 Å². The predicted octanol–water partition coefficient (Wildman–Crippen LogP) is 5.71. The first-order chi connectivity index (χ1) is 16.1. The maximum absolute atomic E-state index is 13.0. The Bertz CT molecular complexity index is 1170. The van der Waals surface area contributed by atoms with Gasteiger partial charge in [0, 0.05) is 10.8 Å². The van der Waals surface area contributed by atoms with Crippen molar-refractivity contribution in [3.8, 4) is 0 Å². The molecule has 3 aromatic carbocycles. The molecule has 33 heavy (non-hydrogen) atoms. The highest BCUT2D eigenvalue weighted by atomic mass is 16.7. The molecule has 3 aromatic rings. The quantitative estimate of drug-likeness (QED) is 0.310. The van der Waals surface area contributed by atoms with Crippen LogP contribution in [0.15, 0.2) is 59.4 Å². The van der Waals surface area contributed by atoms with Gasteiger partial charge in [-0.1, -0.05) is 80.8 Å². The summed E-state index contributed by atoms with van der Waals surface area (Å²) in [6, 6.07) is 17.0. The third-order valence-electron chi connectivity index (χ3n) is 6.34. The molecular weight excluding hydrogens is 416 g/mol. The molecule has 0 bridgehead atoms. The highest BCUT2D eigenvalue weighted by Crippen LogP contribution is 2.24. The summed E-state index contributed by atoms with van der Waals surface area (Å²) >= 11 is 0. The summed E-state index contributed by atoms with van der Waals surface area (Å²) in [5.74, 6) is -0.756. The molecule has 3 atom stereocenters. The number of carbonyl (C=O) groups excluding carboxylic acids is 1. The molecule has 1 fully saturated rings. The van der Waals surface area contributed by atoms with E-state index in [9.17, 15) is 9.59 Å². The van der Waals surface area contributed by atoms with E-state index in [0.717, 1.165) is 29.2 Å². The van der Waals surface area contributed by atoms with Crippen molar-refractivity contribution >= 4 is 27.5 Å². The van der Waals surface area contributed by atoms with E-state index in [0.29, 0.717) is 17.4 Å². The van der Waals surface area contributed by atoms with Crippen LogP contribution in [-0.4, -0.2) is 31.6 Å². The van der Waals surface area contributed by atoms with Gasteiger partial charge in [-0.25, -0.2) is 0 Å². The summed E-state index contributed by atoms with van der Waals surface area (Å²) in [5.41, 5.74) is 0.814. The first-order valence-corrected chi connectivity index (χ1v) is 12.0. The van der Waals surface area contributed by atoms with Crippen LogP contribution in [0.3, 0.4) is 0 Å². The average molecular weight is 449 g/mol. The van der Waals surface area contributed by atoms with Crippen molar-refractivity contribution in [2.75, 3.05) is 13.2 Å². The Balaban J connectivity index is 1.38. The Morgan fingerprint density at radius 2 is 1.82 bits per heavy atom. The molecule has 4 rings (SSSR count). The number of benzene rings is 2. The largest absolute Gasteiger partial charge is 0.462 e. The highest BCUT2D eigenvalue weighted by Gasteiger charge is 2.27. The van der Waals surface area contributed by atoms with Gasteiger partial charge in [0.25, 0.3) is 0 Å². The summed E-state index contributed by atoms with van der Waals surface area (Å²) < 4.78 is 17.1. The van der Waals surface area contributed by atoms with E-state index in [2.05, 4.69) is 6.92 Å². The molecule has 1 aliphatic heterocycles. The molecule has 0 amide bonds. The Kier molecular flexibility index (Phi) is 7.73. The number of carbonyl (C=O) groups is 1. The number of fused-ring (bicyclic) bond motifs is 2. The van der Waals surface area contributed by atoms with E-state index in [4.69, 9.17) is 14.2 Å². The van der Waals surface area contributed by atoms with Crippen molar-refractivity contribution in [2.24, 2.45) is 0 Å². The number of hydrogen-bond acceptors (Lipinski definition) is 5. The molecule has 5 heteroatoms. The Hall–Kier alpha value is -2.76. The second-order valence-electron chi connectivity index (χ2n) is 8.82. The summed E-state index contributed by atoms with van der Waals surface area (Å²) in [6.45, 7) is 4.65. The van der Waals surface area contributed by atoms with E-state index in [1.807, 2.05) is 55.5 Å². The highest BCUT2D eigenvalue weighted by molar-refractivity contribution is 5.94. The van der Waals surface area contributed by atoms with Crippen LogP contribution in [0.25, 0.3) is 21.5 Å². The smallest absolute Gasteiger partial charge is 0.313 e. The molecular formula is C28H32O5. The summed E-state index contributed by atoms with van der Waals surface area (Å²) in [5, 5.41) is 3.04. The molecule has 0 spiro atoms. The molecule has 0 N–H and O–H groups in total. The van der Waals surface area contributed by atoms with Gasteiger partial charge in [-0.2, -0.15) is 0 Å². The fourth-order valence-corrected chi connectivity index (χ4v) is 4.29. The van der Waals surface area contributed by atoms with Crippen molar-refractivity contribution in [2.45, 2.75) is 64.3 Å². The van der Waals surface area contributed by atoms with Gasteiger partial charge in [-0.15, -0.1) is 0 Å². The van der Waals surface area contributed by atoms with Gasteiger partial charge in [-0.3, -0.25) is 9.59 Å². The first-order valence-electron chi connectivity index (χ1n) is 12.0. The second kappa shape index (κ2) is 10.9. The summed E-state index contributed by atoms with van der Waals surface area (Å²) in [6.07, 6.45) is 5.17. The lowest BCUT2D eigenvalue weighted by atomic mass is 9.98. The molecule has 0 saturated carbocycles. The van der Waals surface area contributed by atoms with E-state index in [1.165, 1.54) is 19.3 Å². The fraction of sp³-hybridized carbons (Fsp3) is 0.429. The SMILES string of the molecule is CCCCCCC1OCC(COC(=O)C(C)c2ccc3c(=O)c4ccccc4ccc3c2)O1. The van der Waals surface area contributed by atoms with Crippen LogP contribution < -0.4 is 5.43 Å². The monoisotopic (exact) mass is 448 g/mol. The fourth-order valence-electron chi connectivity index (χ4n) is 4.29. The van der Waals surface area contributed by atoms with Gasteiger partial charge >= 0.3 is 5.97 Å². The summed E-state index contributed by atoms with van der Waals surface area (Å²) in [7, 11) is 0. The van der Waals surface area contributed by atoms with Gasteiger partial charge in [0.1, 0.15) is 12.7 Å². The minimum atomic E-state index is -0.448. The first kappa shape index (κ1) is 23.4. The van der Waals surface area contributed by atoms with Crippen molar-refractivity contribution in [3.63, 3.8) is 0 Å². The second-order valence-corrected chi connectivity index (χ2v) is 8.82. The minimum absolute atomic E-state index is 0.00462. The average Bonchev–Trinajstić information content (AvgIpc) is 3.25. The van der Waals surface area contributed by atoms with Crippen LogP contribution >= 0.6 is 0 Å². The van der Waals surface area contributed by atoms with Crippen molar-refractivity contribution < 1.29 is 19.0 Å². The van der Waals surface area contributed by atoms with Gasteiger partial charge in [0.05, 0.1) is 12.5 Å². The summed E-state index contributed by atoms with van der Waals surface area (Å²) in [4.78, 5) is 25.7. The maximum Gasteiger partial charge on any atom is 0.313 e. The van der Waals surface area contributed by atoms with Crippen molar-refractivity contribution in [3.05, 3.63) is 70.4 Å². The zero-order chi connectivity index (χ0) is 23.2. The van der Waals surface area contributed by atoms with Crippen LogP contribution in [0.2, 0.25) is 0 Å². The van der Waals surface area contributed by atoms with Crippen molar-refractivity contribution in [1.29, 1.82) is 0 Å². The van der Waals surface area contributed by atoms with Crippen LogP contribution in [-0.2, 0) is 19.0 Å². The number of unbranched alkanes of at least 4 members (excludes halogenated alkanes) is 3. The zero-order valence-corrected chi connectivity index (χ0v) is 19.4. The zero-order valence-electron chi connectivity index (χ0n) is 19.4. The maximum atomic E-state index is 13.0.